The van der Waals surface area contributed by atoms with Crippen LogP contribution in [0.1, 0.15) is 20.7 Å². The second-order valence-electron chi connectivity index (χ2n) is 4.98. The molecule has 0 saturated carbocycles. The lowest BCUT2D eigenvalue weighted by molar-refractivity contribution is 0.0817. The highest BCUT2D eigenvalue weighted by atomic mass is 16.3. The number of aromatic hydroxyl groups is 1. The molecule has 0 unspecified atom stereocenters. The molecule has 0 heterocycles. The van der Waals surface area contributed by atoms with Crippen molar-refractivity contribution in [2.45, 2.75) is 0 Å². The quantitative estimate of drug-likeness (QED) is 0.334. The monoisotopic (exact) mass is 319 g/mol. The molecular weight excluding hydrogens is 302 g/mol. The topological polar surface area (TPSA) is 80.4 Å². The van der Waals surface area contributed by atoms with Crippen LogP contribution < -0.4 is 5.73 Å². The van der Waals surface area contributed by atoms with E-state index < -0.39 is 11.6 Å². The summed E-state index contributed by atoms with van der Waals surface area (Å²) in [5.74, 6) is -0.683. The fourth-order valence-corrected chi connectivity index (χ4v) is 1.92. The minimum absolute atomic E-state index is 0.249. The maximum atomic E-state index is 11.8. The van der Waals surface area contributed by atoms with E-state index in [1.807, 2.05) is 12.1 Å². The van der Waals surface area contributed by atoms with E-state index in [-0.39, 0.29) is 5.75 Å². The van der Waals surface area contributed by atoms with Gasteiger partial charge in [0.05, 0.1) is 0 Å². The highest BCUT2D eigenvalue weighted by Crippen LogP contribution is 2.09. The molecule has 0 atom stereocenters. The molecule has 0 radical (unpaired) electrons. The zero-order valence-electron chi connectivity index (χ0n) is 12.9. The number of anilines is 1. The van der Waals surface area contributed by atoms with Crippen molar-refractivity contribution in [1.82, 2.24) is 0 Å². The number of nitrogen functional groups attached to an aromatic ring is 1. The van der Waals surface area contributed by atoms with Crippen LogP contribution >= 0.6 is 0 Å². The minimum atomic E-state index is -0.466. The number of hydrogen-bond acceptors (Lipinski definition) is 4. The van der Waals surface area contributed by atoms with Crippen molar-refractivity contribution in [3.63, 3.8) is 0 Å². The Hall–Kier alpha value is -3.40. The molecule has 3 aromatic carbocycles. The van der Waals surface area contributed by atoms with Crippen molar-refractivity contribution in [3.05, 3.63) is 96.1 Å². The van der Waals surface area contributed by atoms with Crippen LogP contribution in [-0.2, 0) is 0 Å². The Bertz CT molecular complexity index is 727. The average Bonchev–Trinajstić information content (AvgIpc) is 2.65. The van der Waals surface area contributed by atoms with Crippen LogP contribution in [0.25, 0.3) is 0 Å². The molecule has 4 nitrogen and oxygen atoms in total. The molecule has 0 aliphatic carbocycles. The zero-order chi connectivity index (χ0) is 17.4. The van der Waals surface area contributed by atoms with Gasteiger partial charge in [-0.3, -0.25) is 9.59 Å². The number of carbonyl (C=O) groups excluding carboxylic acids is 2. The molecule has 3 rings (SSSR count). The first-order valence-electron chi connectivity index (χ1n) is 7.31. The van der Waals surface area contributed by atoms with Crippen molar-refractivity contribution in [1.29, 1.82) is 0 Å². The van der Waals surface area contributed by atoms with E-state index in [1.54, 1.807) is 72.8 Å². The van der Waals surface area contributed by atoms with E-state index in [9.17, 15) is 9.59 Å². The number of phenolic OH excluding ortho intramolecular Hbond substituents is 1. The molecule has 0 aromatic heterocycles. The summed E-state index contributed by atoms with van der Waals surface area (Å²) < 4.78 is 0. The van der Waals surface area contributed by atoms with E-state index >= 15 is 0 Å². The van der Waals surface area contributed by atoms with E-state index in [2.05, 4.69) is 0 Å². The molecule has 0 spiro atoms. The summed E-state index contributed by atoms with van der Waals surface area (Å²) in [5.41, 5.74) is 6.84. The van der Waals surface area contributed by atoms with Gasteiger partial charge in [-0.25, -0.2) is 0 Å². The second kappa shape index (κ2) is 8.29. The summed E-state index contributed by atoms with van der Waals surface area (Å²) in [6.45, 7) is 0. The third-order valence-corrected chi connectivity index (χ3v) is 3.17. The number of hydrogen-bond donors (Lipinski definition) is 2. The Kier molecular flexibility index (Phi) is 5.86. The first-order valence-corrected chi connectivity index (χ1v) is 7.31. The van der Waals surface area contributed by atoms with E-state index in [0.29, 0.717) is 16.8 Å². The zero-order valence-corrected chi connectivity index (χ0v) is 12.9. The lowest BCUT2D eigenvalue weighted by Crippen LogP contribution is -2.14. The normalized spacial score (nSPS) is 9.50. The van der Waals surface area contributed by atoms with Crippen molar-refractivity contribution in [2.75, 3.05) is 5.73 Å². The van der Waals surface area contributed by atoms with Crippen LogP contribution in [-0.4, -0.2) is 16.7 Å². The molecule has 0 amide bonds. The van der Waals surface area contributed by atoms with Crippen molar-refractivity contribution in [2.24, 2.45) is 0 Å². The molecular formula is C20H17NO3. The van der Waals surface area contributed by atoms with Crippen LogP contribution in [0.15, 0.2) is 84.9 Å². The Balaban J connectivity index is 0.000000219. The van der Waals surface area contributed by atoms with Crippen LogP contribution in [0, 0.1) is 0 Å². The highest BCUT2D eigenvalue weighted by Gasteiger charge is 2.16. The van der Waals surface area contributed by atoms with Gasteiger partial charge in [0, 0.05) is 16.8 Å². The molecule has 0 fully saturated rings. The van der Waals surface area contributed by atoms with E-state index in [4.69, 9.17) is 10.8 Å². The first-order chi connectivity index (χ1) is 11.6. The van der Waals surface area contributed by atoms with Gasteiger partial charge < -0.3 is 10.8 Å². The van der Waals surface area contributed by atoms with Crippen LogP contribution in [0.5, 0.6) is 5.75 Å². The Labute approximate surface area is 140 Å². The van der Waals surface area contributed by atoms with Crippen molar-refractivity contribution in [3.8, 4) is 5.75 Å². The Morgan fingerprint density at radius 2 is 1.00 bits per heavy atom. The number of nitrogens with two attached hydrogens (primary N) is 1. The number of ketones is 2. The number of rotatable bonds is 3. The lowest BCUT2D eigenvalue weighted by Gasteiger charge is -1.99. The number of carbonyl (C=O) groups is 2. The molecule has 120 valence electrons. The maximum Gasteiger partial charge on any atom is 0.233 e. The first kappa shape index (κ1) is 17.0. The smallest absolute Gasteiger partial charge is 0.233 e. The molecule has 3 aromatic rings. The number of phenols is 1. The molecule has 0 bridgehead atoms. The second-order valence-corrected chi connectivity index (χ2v) is 4.98. The van der Waals surface area contributed by atoms with Crippen molar-refractivity contribution < 1.29 is 14.7 Å². The van der Waals surface area contributed by atoms with Gasteiger partial charge in [0.25, 0.3) is 0 Å². The van der Waals surface area contributed by atoms with Gasteiger partial charge in [-0.2, -0.15) is 0 Å². The van der Waals surface area contributed by atoms with Gasteiger partial charge in [0.2, 0.25) is 11.6 Å². The molecule has 24 heavy (non-hydrogen) atoms. The number of benzene rings is 3. The third-order valence-electron chi connectivity index (χ3n) is 3.17. The molecule has 0 aliphatic heterocycles. The Morgan fingerprint density at radius 3 is 1.33 bits per heavy atom. The van der Waals surface area contributed by atoms with Gasteiger partial charge >= 0.3 is 0 Å². The molecule has 0 saturated heterocycles. The van der Waals surface area contributed by atoms with Crippen LogP contribution in [0.2, 0.25) is 0 Å². The molecule has 3 N–H and O–H groups in total. The van der Waals surface area contributed by atoms with Crippen LogP contribution in [0.4, 0.5) is 5.69 Å². The summed E-state index contributed by atoms with van der Waals surface area (Å²) >= 11 is 0. The fraction of sp³-hybridized carbons (Fsp3) is 0. The Morgan fingerprint density at radius 1 is 0.625 bits per heavy atom. The average molecular weight is 319 g/mol. The van der Waals surface area contributed by atoms with Crippen molar-refractivity contribution >= 4 is 17.3 Å². The largest absolute Gasteiger partial charge is 0.508 e. The summed E-state index contributed by atoms with van der Waals surface area (Å²) in [5, 5.41) is 8.70. The summed E-state index contributed by atoms with van der Waals surface area (Å²) in [4.78, 5) is 23.6. The summed E-state index contributed by atoms with van der Waals surface area (Å²) in [7, 11) is 0. The van der Waals surface area contributed by atoms with Gasteiger partial charge in [0.1, 0.15) is 5.75 Å². The van der Waals surface area contributed by atoms with E-state index in [1.165, 1.54) is 0 Å². The number of Topliss-reactive ketones (excluding diaryl/α,β-unsaturated/α-hetero) is 2. The van der Waals surface area contributed by atoms with E-state index in [0.717, 1.165) is 0 Å². The van der Waals surface area contributed by atoms with Gasteiger partial charge in [-0.1, -0.05) is 60.7 Å². The standard InChI is InChI=1S/C14H10O2.C6H7NO/c15-13(11-7-3-1-4-8-11)14(16)12-9-5-2-6-10-12;7-5-1-3-6(8)4-2-5/h1-10H;1-4,8H,7H2. The van der Waals surface area contributed by atoms with Gasteiger partial charge in [-0.15, -0.1) is 0 Å². The maximum absolute atomic E-state index is 11.8. The van der Waals surface area contributed by atoms with Gasteiger partial charge in [0.15, 0.2) is 0 Å². The van der Waals surface area contributed by atoms with Crippen LogP contribution in [0.3, 0.4) is 0 Å². The summed E-state index contributed by atoms with van der Waals surface area (Å²) in [6.07, 6.45) is 0. The SMILES string of the molecule is Nc1ccc(O)cc1.O=C(C(=O)c1ccccc1)c1ccccc1. The highest BCUT2D eigenvalue weighted by molar-refractivity contribution is 6.49. The molecule has 4 heteroatoms. The summed E-state index contributed by atoms with van der Waals surface area (Å²) in [6, 6.07) is 23.6. The third kappa shape index (κ3) is 4.81. The predicted octanol–water partition coefficient (Wildman–Crippen LogP) is 3.73. The minimum Gasteiger partial charge on any atom is -0.508 e. The fourth-order valence-electron chi connectivity index (χ4n) is 1.92. The predicted molar refractivity (Wildman–Crippen MR) is 94.1 cm³/mol. The lowest BCUT2D eigenvalue weighted by atomic mass is 10.0. The van der Waals surface area contributed by atoms with Gasteiger partial charge in [-0.05, 0) is 24.3 Å². The molecule has 0 aliphatic rings.